The lowest BCUT2D eigenvalue weighted by molar-refractivity contribution is -0.123. The van der Waals surface area contributed by atoms with Crippen molar-refractivity contribution < 1.29 is 17.9 Å². The molecule has 0 bridgehead atoms. The Morgan fingerprint density at radius 2 is 1.86 bits per heavy atom. The predicted molar refractivity (Wildman–Crippen MR) is 53.2 cm³/mol. The predicted octanol–water partition coefficient (Wildman–Crippen LogP) is -1.13. The summed E-state index contributed by atoms with van der Waals surface area (Å²) >= 11 is 0. The van der Waals surface area contributed by atoms with Gasteiger partial charge < -0.3 is 9.47 Å². The second-order valence-corrected chi connectivity index (χ2v) is 5.29. The first kappa shape index (κ1) is 13.8. The Morgan fingerprint density at radius 3 is 2.14 bits per heavy atom. The fourth-order valence-corrected chi connectivity index (χ4v) is 1.75. The Bertz CT molecular complexity index is 238. The van der Waals surface area contributed by atoms with Crippen molar-refractivity contribution in [3.05, 3.63) is 0 Å². The van der Waals surface area contributed by atoms with Gasteiger partial charge in [-0.05, 0) is 6.42 Å². The summed E-state index contributed by atoms with van der Waals surface area (Å²) in [7, 11) is -0.0435. The van der Waals surface area contributed by atoms with E-state index in [-0.39, 0.29) is 11.8 Å². The monoisotopic (exact) mass is 226 g/mol. The van der Waals surface area contributed by atoms with Crippen LogP contribution < -0.4 is 11.3 Å². The third-order valence-electron chi connectivity index (χ3n) is 1.81. The van der Waals surface area contributed by atoms with Gasteiger partial charge in [-0.15, -0.1) is 0 Å². The number of sulfone groups is 1. The summed E-state index contributed by atoms with van der Waals surface area (Å²) in [5, 5.41) is 0. The van der Waals surface area contributed by atoms with Crippen LogP contribution in [0.3, 0.4) is 0 Å². The lowest BCUT2D eigenvalue weighted by Crippen LogP contribution is -2.46. The van der Waals surface area contributed by atoms with Crippen molar-refractivity contribution in [3.8, 4) is 0 Å². The molecule has 0 aliphatic heterocycles. The van der Waals surface area contributed by atoms with E-state index in [9.17, 15) is 8.42 Å². The van der Waals surface area contributed by atoms with Crippen molar-refractivity contribution in [2.24, 2.45) is 5.84 Å². The standard InChI is InChI=1S/C7H18N2O4S/c1-12-7(13-2)6(9-8)4-5-14(3,10)11/h6-7,9H,4-5,8H2,1-3H3. The van der Waals surface area contributed by atoms with E-state index in [1.807, 2.05) is 0 Å². The average Bonchev–Trinajstić information content (AvgIpc) is 2.10. The van der Waals surface area contributed by atoms with Gasteiger partial charge in [0, 0.05) is 20.5 Å². The Hall–Kier alpha value is -0.210. The summed E-state index contributed by atoms with van der Waals surface area (Å²) in [4.78, 5) is 0. The SMILES string of the molecule is COC(OC)C(CCS(C)(=O)=O)NN. The Balaban J connectivity index is 4.14. The number of methoxy groups -OCH3 is 2. The van der Waals surface area contributed by atoms with Crippen LogP contribution in [0.1, 0.15) is 6.42 Å². The van der Waals surface area contributed by atoms with Gasteiger partial charge in [0.1, 0.15) is 9.84 Å². The largest absolute Gasteiger partial charge is 0.354 e. The lowest BCUT2D eigenvalue weighted by Gasteiger charge is -2.23. The van der Waals surface area contributed by atoms with Gasteiger partial charge in [-0.25, -0.2) is 8.42 Å². The molecule has 0 aromatic carbocycles. The molecule has 0 aliphatic carbocycles. The first-order valence-corrected chi connectivity index (χ1v) is 6.20. The van der Waals surface area contributed by atoms with Crippen LogP contribution in [0.2, 0.25) is 0 Å². The summed E-state index contributed by atoms with van der Waals surface area (Å²) in [5.41, 5.74) is 2.46. The highest BCUT2D eigenvalue weighted by Gasteiger charge is 2.20. The van der Waals surface area contributed by atoms with Gasteiger partial charge in [0.25, 0.3) is 0 Å². The smallest absolute Gasteiger partial charge is 0.173 e. The molecule has 0 fully saturated rings. The molecule has 0 radical (unpaired) electrons. The minimum atomic E-state index is -2.99. The number of nitrogens with one attached hydrogen (secondary N) is 1. The molecule has 0 amide bonds. The average molecular weight is 226 g/mol. The van der Waals surface area contributed by atoms with Crippen LogP contribution in [-0.4, -0.2) is 47.0 Å². The Labute approximate surface area is 84.6 Å². The van der Waals surface area contributed by atoms with Crippen LogP contribution in [0, 0.1) is 0 Å². The summed E-state index contributed by atoms with van der Waals surface area (Å²) < 4.78 is 31.7. The number of ether oxygens (including phenoxy) is 2. The molecule has 0 aromatic rings. The van der Waals surface area contributed by atoms with Crippen LogP contribution in [-0.2, 0) is 19.3 Å². The fraction of sp³-hybridized carbons (Fsp3) is 1.00. The molecule has 86 valence electrons. The van der Waals surface area contributed by atoms with E-state index in [4.69, 9.17) is 15.3 Å². The lowest BCUT2D eigenvalue weighted by atomic mass is 10.2. The number of hydrogen-bond acceptors (Lipinski definition) is 6. The molecule has 6 nitrogen and oxygen atoms in total. The van der Waals surface area contributed by atoms with Crippen LogP contribution in [0.25, 0.3) is 0 Å². The van der Waals surface area contributed by atoms with E-state index >= 15 is 0 Å². The zero-order chi connectivity index (χ0) is 11.2. The first-order valence-electron chi connectivity index (χ1n) is 4.14. The summed E-state index contributed by atoms with van der Waals surface area (Å²) in [6.07, 6.45) is 0.985. The fourth-order valence-electron chi connectivity index (χ4n) is 1.06. The number of hydrogen-bond donors (Lipinski definition) is 2. The van der Waals surface area contributed by atoms with Crippen molar-refractivity contribution in [3.63, 3.8) is 0 Å². The molecular weight excluding hydrogens is 208 g/mol. The van der Waals surface area contributed by atoms with Crippen molar-refractivity contribution in [1.29, 1.82) is 0 Å². The molecule has 0 saturated carbocycles. The highest BCUT2D eigenvalue weighted by atomic mass is 32.2. The van der Waals surface area contributed by atoms with E-state index in [0.717, 1.165) is 0 Å². The first-order chi connectivity index (χ1) is 6.44. The Morgan fingerprint density at radius 1 is 1.36 bits per heavy atom. The molecule has 3 N–H and O–H groups in total. The molecule has 7 heteroatoms. The number of nitrogens with two attached hydrogens (primary N) is 1. The van der Waals surface area contributed by atoms with Gasteiger partial charge in [-0.3, -0.25) is 11.3 Å². The van der Waals surface area contributed by atoms with Gasteiger partial charge in [-0.2, -0.15) is 0 Å². The summed E-state index contributed by atoms with van der Waals surface area (Å²) in [6.45, 7) is 0. The molecule has 1 atom stereocenters. The van der Waals surface area contributed by atoms with E-state index in [2.05, 4.69) is 5.43 Å². The van der Waals surface area contributed by atoms with E-state index < -0.39 is 16.1 Å². The molecule has 0 saturated heterocycles. The van der Waals surface area contributed by atoms with Crippen LogP contribution >= 0.6 is 0 Å². The maximum Gasteiger partial charge on any atom is 0.173 e. The third-order valence-corrected chi connectivity index (χ3v) is 2.78. The minimum Gasteiger partial charge on any atom is -0.354 e. The topological polar surface area (TPSA) is 90.6 Å². The highest BCUT2D eigenvalue weighted by Crippen LogP contribution is 2.04. The third kappa shape index (κ3) is 5.51. The van der Waals surface area contributed by atoms with E-state index in [1.165, 1.54) is 20.5 Å². The molecule has 1 unspecified atom stereocenters. The molecule has 0 heterocycles. The quantitative estimate of drug-likeness (QED) is 0.324. The summed E-state index contributed by atoms with van der Waals surface area (Å²) in [5.74, 6) is 5.30. The zero-order valence-electron chi connectivity index (χ0n) is 8.69. The van der Waals surface area contributed by atoms with Crippen LogP contribution in [0.15, 0.2) is 0 Å². The van der Waals surface area contributed by atoms with E-state index in [1.54, 1.807) is 0 Å². The maximum absolute atomic E-state index is 10.9. The van der Waals surface area contributed by atoms with E-state index in [0.29, 0.717) is 6.42 Å². The van der Waals surface area contributed by atoms with Gasteiger partial charge in [0.05, 0.1) is 11.8 Å². The van der Waals surface area contributed by atoms with Crippen molar-refractivity contribution in [1.82, 2.24) is 5.43 Å². The van der Waals surface area contributed by atoms with Crippen LogP contribution in [0.4, 0.5) is 0 Å². The molecule has 0 spiro atoms. The maximum atomic E-state index is 10.9. The molecule has 0 aliphatic rings. The van der Waals surface area contributed by atoms with Gasteiger partial charge >= 0.3 is 0 Å². The Kier molecular flexibility index (Phi) is 6.21. The van der Waals surface area contributed by atoms with Crippen molar-refractivity contribution in [2.45, 2.75) is 18.8 Å². The molecular formula is C7H18N2O4S. The highest BCUT2D eigenvalue weighted by molar-refractivity contribution is 7.90. The van der Waals surface area contributed by atoms with Crippen molar-refractivity contribution >= 4 is 9.84 Å². The number of hydrazine groups is 1. The van der Waals surface area contributed by atoms with Gasteiger partial charge in [0.15, 0.2) is 6.29 Å². The second kappa shape index (κ2) is 6.31. The van der Waals surface area contributed by atoms with Gasteiger partial charge in [0.2, 0.25) is 0 Å². The molecule has 0 aromatic heterocycles. The molecule has 14 heavy (non-hydrogen) atoms. The number of rotatable bonds is 7. The van der Waals surface area contributed by atoms with Gasteiger partial charge in [-0.1, -0.05) is 0 Å². The normalized spacial score (nSPS) is 14.6. The summed E-state index contributed by atoms with van der Waals surface area (Å²) in [6, 6.07) is -0.334. The van der Waals surface area contributed by atoms with Crippen molar-refractivity contribution in [2.75, 3.05) is 26.2 Å². The zero-order valence-corrected chi connectivity index (χ0v) is 9.50. The minimum absolute atomic E-state index is 0.0467. The van der Waals surface area contributed by atoms with Crippen LogP contribution in [0.5, 0.6) is 0 Å². The second-order valence-electron chi connectivity index (χ2n) is 3.03. The molecule has 0 rings (SSSR count).